The highest BCUT2D eigenvalue weighted by Gasteiger charge is 2.12. The van der Waals surface area contributed by atoms with Crippen molar-refractivity contribution < 1.29 is 18.7 Å². The van der Waals surface area contributed by atoms with Crippen LogP contribution in [0.5, 0.6) is 0 Å². The molecule has 0 radical (unpaired) electrons. The molecule has 0 aliphatic heterocycles. The number of benzene rings is 1. The van der Waals surface area contributed by atoms with Crippen LogP contribution < -0.4 is 10.6 Å². The molecule has 23 heavy (non-hydrogen) atoms. The summed E-state index contributed by atoms with van der Waals surface area (Å²) in [6.45, 7) is 0.736. The number of carbonyl (C=O) groups excluding carboxylic acids is 2. The molecule has 0 spiro atoms. The summed E-state index contributed by atoms with van der Waals surface area (Å²) < 4.78 is 17.7. The van der Waals surface area contributed by atoms with Crippen LogP contribution in [0.3, 0.4) is 0 Å². The number of hydrogen-bond donors (Lipinski definition) is 2. The number of ether oxygens (including phenoxy) is 1. The number of halogens is 1. The fourth-order valence-corrected chi connectivity index (χ4v) is 1.77. The van der Waals surface area contributed by atoms with Gasteiger partial charge in [0.15, 0.2) is 0 Å². The van der Waals surface area contributed by atoms with Crippen molar-refractivity contribution in [2.24, 2.45) is 0 Å². The number of nitrogens with one attached hydrogen (secondary N) is 2. The zero-order valence-corrected chi connectivity index (χ0v) is 12.5. The lowest BCUT2D eigenvalue weighted by atomic mass is 10.2. The van der Waals surface area contributed by atoms with Crippen LogP contribution in [-0.4, -0.2) is 37.1 Å². The van der Waals surface area contributed by atoms with Gasteiger partial charge in [-0.2, -0.15) is 0 Å². The fraction of sp³-hybridized carbons (Fsp3) is 0.188. The molecule has 0 bridgehead atoms. The third kappa shape index (κ3) is 4.86. The molecule has 0 aliphatic rings. The molecule has 1 aromatic heterocycles. The highest BCUT2D eigenvalue weighted by molar-refractivity contribution is 6.03. The van der Waals surface area contributed by atoms with Gasteiger partial charge in [0, 0.05) is 19.3 Å². The number of nitrogens with zero attached hydrogens (tertiary/aromatic N) is 1. The minimum atomic E-state index is -0.483. The summed E-state index contributed by atoms with van der Waals surface area (Å²) >= 11 is 0. The minimum Gasteiger partial charge on any atom is -0.383 e. The first-order valence-corrected chi connectivity index (χ1v) is 6.91. The third-order valence-corrected chi connectivity index (χ3v) is 2.91. The van der Waals surface area contributed by atoms with E-state index in [0.717, 1.165) is 0 Å². The molecule has 1 heterocycles. The Morgan fingerprint density at radius 2 is 1.74 bits per heavy atom. The van der Waals surface area contributed by atoms with Gasteiger partial charge in [0.05, 0.1) is 6.61 Å². The van der Waals surface area contributed by atoms with E-state index >= 15 is 0 Å². The predicted octanol–water partition coefficient (Wildman–Crippen LogP) is 1.85. The lowest BCUT2D eigenvalue weighted by Crippen LogP contribution is -2.28. The third-order valence-electron chi connectivity index (χ3n) is 2.91. The number of carbonyl (C=O) groups is 2. The number of amides is 2. The number of pyridine rings is 1. The Balaban J connectivity index is 2.04. The number of aromatic nitrogens is 1. The van der Waals surface area contributed by atoms with E-state index in [9.17, 15) is 14.0 Å². The molecule has 120 valence electrons. The Morgan fingerprint density at radius 1 is 1.09 bits per heavy atom. The summed E-state index contributed by atoms with van der Waals surface area (Å²) in [7, 11) is 1.53. The van der Waals surface area contributed by atoms with Crippen molar-refractivity contribution >= 4 is 17.5 Å². The molecule has 2 amide bonds. The lowest BCUT2D eigenvalue weighted by molar-refractivity contribution is 0.0932. The van der Waals surface area contributed by atoms with Crippen LogP contribution in [0.15, 0.2) is 42.5 Å². The second kappa shape index (κ2) is 8.00. The molecule has 0 atom stereocenters. The van der Waals surface area contributed by atoms with Crippen molar-refractivity contribution in [1.29, 1.82) is 0 Å². The zero-order chi connectivity index (χ0) is 16.7. The van der Waals surface area contributed by atoms with Crippen molar-refractivity contribution in [2.75, 3.05) is 25.6 Å². The first-order valence-electron chi connectivity index (χ1n) is 6.91. The van der Waals surface area contributed by atoms with Crippen molar-refractivity contribution in [3.05, 3.63) is 59.7 Å². The van der Waals surface area contributed by atoms with Gasteiger partial charge >= 0.3 is 0 Å². The van der Waals surface area contributed by atoms with Crippen LogP contribution in [0.1, 0.15) is 21.0 Å². The normalized spacial score (nSPS) is 10.2. The van der Waals surface area contributed by atoms with Crippen molar-refractivity contribution in [3.8, 4) is 0 Å². The van der Waals surface area contributed by atoms with E-state index in [2.05, 4.69) is 15.6 Å². The Morgan fingerprint density at radius 3 is 2.39 bits per heavy atom. The van der Waals surface area contributed by atoms with Gasteiger partial charge in [0.25, 0.3) is 11.8 Å². The van der Waals surface area contributed by atoms with Crippen LogP contribution in [0.25, 0.3) is 0 Å². The first-order chi connectivity index (χ1) is 11.1. The standard InChI is InChI=1S/C16H16FN3O3/c1-23-10-9-18-15(21)13-3-2-4-14(20-13)16(22)19-12-7-5-11(17)6-8-12/h2-8H,9-10H2,1H3,(H,18,21)(H,19,22). The van der Waals surface area contributed by atoms with Gasteiger partial charge in [-0.3, -0.25) is 9.59 Å². The van der Waals surface area contributed by atoms with E-state index in [1.165, 1.54) is 43.5 Å². The molecule has 2 aromatic rings. The molecule has 1 aromatic carbocycles. The van der Waals surface area contributed by atoms with E-state index < -0.39 is 17.6 Å². The summed E-state index contributed by atoms with van der Waals surface area (Å²) in [5, 5.41) is 5.21. The highest BCUT2D eigenvalue weighted by atomic mass is 19.1. The number of anilines is 1. The second-order valence-electron chi connectivity index (χ2n) is 4.62. The largest absolute Gasteiger partial charge is 0.383 e. The Labute approximate surface area is 132 Å². The van der Waals surface area contributed by atoms with Crippen LogP contribution in [0.2, 0.25) is 0 Å². The van der Waals surface area contributed by atoms with E-state index in [1.807, 2.05) is 0 Å². The summed E-state index contributed by atoms with van der Waals surface area (Å²) in [5.74, 6) is -1.27. The van der Waals surface area contributed by atoms with Gasteiger partial charge < -0.3 is 15.4 Å². The Kier molecular flexibility index (Phi) is 5.76. The smallest absolute Gasteiger partial charge is 0.274 e. The molecular formula is C16H16FN3O3. The van der Waals surface area contributed by atoms with Gasteiger partial charge in [-0.05, 0) is 36.4 Å². The van der Waals surface area contributed by atoms with Crippen LogP contribution >= 0.6 is 0 Å². The maximum atomic E-state index is 12.8. The first kappa shape index (κ1) is 16.6. The maximum Gasteiger partial charge on any atom is 0.274 e. The summed E-state index contributed by atoms with van der Waals surface area (Å²) in [4.78, 5) is 28.0. The minimum absolute atomic E-state index is 0.0914. The average Bonchev–Trinajstić information content (AvgIpc) is 2.57. The van der Waals surface area contributed by atoms with Crippen molar-refractivity contribution in [2.45, 2.75) is 0 Å². The molecule has 0 saturated carbocycles. The zero-order valence-electron chi connectivity index (χ0n) is 12.5. The van der Waals surface area contributed by atoms with Crippen molar-refractivity contribution in [1.82, 2.24) is 10.3 Å². The Bertz CT molecular complexity index is 689. The summed E-state index contributed by atoms with van der Waals surface area (Å²) in [5.41, 5.74) is 0.662. The summed E-state index contributed by atoms with van der Waals surface area (Å²) in [6, 6.07) is 9.92. The predicted molar refractivity (Wildman–Crippen MR) is 82.8 cm³/mol. The van der Waals surface area contributed by atoms with E-state index in [4.69, 9.17) is 4.74 Å². The molecule has 7 heteroatoms. The Hall–Kier alpha value is -2.80. The molecular weight excluding hydrogens is 301 g/mol. The van der Waals surface area contributed by atoms with E-state index in [1.54, 1.807) is 6.07 Å². The molecule has 0 unspecified atom stereocenters. The van der Waals surface area contributed by atoms with Gasteiger partial charge in [-0.1, -0.05) is 6.07 Å². The van der Waals surface area contributed by atoms with Crippen LogP contribution in [-0.2, 0) is 4.74 Å². The van der Waals surface area contributed by atoms with Gasteiger partial charge in [-0.25, -0.2) is 9.37 Å². The fourth-order valence-electron chi connectivity index (χ4n) is 1.77. The van der Waals surface area contributed by atoms with Crippen LogP contribution in [0.4, 0.5) is 10.1 Å². The highest BCUT2D eigenvalue weighted by Crippen LogP contribution is 2.10. The summed E-state index contributed by atoms with van der Waals surface area (Å²) in [6.07, 6.45) is 0. The molecule has 2 rings (SSSR count). The number of methoxy groups -OCH3 is 1. The SMILES string of the molecule is COCCNC(=O)c1cccc(C(=O)Nc2ccc(F)cc2)n1. The molecule has 0 fully saturated rings. The second-order valence-corrected chi connectivity index (χ2v) is 4.62. The molecule has 2 N–H and O–H groups in total. The number of rotatable bonds is 6. The maximum absolute atomic E-state index is 12.8. The van der Waals surface area contributed by atoms with Crippen molar-refractivity contribution in [3.63, 3.8) is 0 Å². The topological polar surface area (TPSA) is 80.3 Å². The molecule has 0 saturated heterocycles. The van der Waals surface area contributed by atoms with E-state index in [-0.39, 0.29) is 11.4 Å². The lowest BCUT2D eigenvalue weighted by Gasteiger charge is -2.07. The van der Waals surface area contributed by atoms with Gasteiger partial charge in [0.1, 0.15) is 17.2 Å². The van der Waals surface area contributed by atoms with E-state index in [0.29, 0.717) is 18.8 Å². The quantitative estimate of drug-likeness (QED) is 0.797. The van der Waals surface area contributed by atoms with Gasteiger partial charge in [0.2, 0.25) is 0 Å². The monoisotopic (exact) mass is 317 g/mol. The van der Waals surface area contributed by atoms with Gasteiger partial charge in [-0.15, -0.1) is 0 Å². The molecule has 6 nitrogen and oxygen atoms in total. The molecule has 0 aliphatic carbocycles. The average molecular weight is 317 g/mol. The number of hydrogen-bond acceptors (Lipinski definition) is 4. The van der Waals surface area contributed by atoms with Crippen LogP contribution in [0, 0.1) is 5.82 Å².